The number of nitrogens with zero attached hydrogens (tertiary/aromatic N) is 2. The normalized spacial score (nSPS) is 16.7. The largest absolute Gasteiger partial charge is 0.304 e. The number of carbonyl (C=O) groups excluding carboxylic acids is 4. The molecule has 9 nitrogen and oxygen atoms in total. The van der Waals surface area contributed by atoms with E-state index in [1.165, 1.54) is 17.1 Å². The fourth-order valence-corrected chi connectivity index (χ4v) is 2.31. The van der Waals surface area contributed by atoms with Crippen molar-refractivity contribution in [1.29, 1.82) is 0 Å². The van der Waals surface area contributed by atoms with Crippen LogP contribution in [0.4, 0.5) is 0 Å². The van der Waals surface area contributed by atoms with Crippen LogP contribution in [0.1, 0.15) is 81.6 Å². The molecule has 2 N–H and O–H groups in total. The van der Waals surface area contributed by atoms with Crippen LogP contribution in [0.5, 0.6) is 0 Å². The maximum atomic E-state index is 11.1. The molecule has 2 heterocycles. The predicted molar refractivity (Wildman–Crippen MR) is 126 cm³/mol. The maximum absolute atomic E-state index is 11.1. The molecule has 0 unspecified atom stereocenters. The monoisotopic (exact) mass is 469 g/mol. The predicted octanol–water partition coefficient (Wildman–Crippen LogP) is 3.38. The van der Waals surface area contributed by atoms with Gasteiger partial charge in [0, 0.05) is 31.5 Å². The fourth-order valence-electron chi connectivity index (χ4n) is 2.31. The Morgan fingerprint density at radius 1 is 0.758 bits per heavy atom. The summed E-state index contributed by atoms with van der Waals surface area (Å²) in [4.78, 5) is 55.2. The van der Waals surface area contributed by atoms with Gasteiger partial charge in [-0.15, -0.1) is 0 Å². The van der Waals surface area contributed by atoms with Gasteiger partial charge in [-0.05, 0) is 22.7 Å². The van der Waals surface area contributed by atoms with Crippen molar-refractivity contribution in [1.82, 2.24) is 9.96 Å². The van der Waals surface area contributed by atoms with Crippen molar-refractivity contribution in [2.75, 3.05) is 19.8 Å². The van der Waals surface area contributed by atoms with E-state index in [1.54, 1.807) is 0 Å². The second-order valence-corrected chi connectivity index (χ2v) is 11.8. The summed E-state index contributed by atoms with van der Waals surface area (Å²) in [5, 5.41) is 0.894. The molecule has 2 aliphatic rings. The first-order valence-electron chi connectivity index (χ1n) is 11.2. The molecule has 0 aliphatic carbocycles. The topological polar surface area (TPSA) is 119 Å². The highest BCUT2D eigenvalue weighted by Gasteiger charge is 2.31. The molecule has 0 aromatic rings. The van der Waals surface area contributed by atoms with Gasteiger partial charge in [0.2, 0.25) is 0 Å². The van der Waals surface area contributed by atoms with Crippen molar-refractivity contribution in [3.05, 3.63) is 12.2 Å². The van der Waals surface area contributed by atoms with Gasteiger partial charge in [0.15, 0.2) is 0 Å². The Morgan fingerprint density at radius 2 is 1.18 bits per heavy atom. The van der Waals surface area contributed by atoms with Gasteiger partial charge in [-0.2, -0.15) is 5.06 Å². The van der Waals surface area contributed by atoms with Crippen LogP contribution in [0, 0.1) is 16.2 Å². The van der Waals surface area contributed by atoms with Crippen LogP contribution in [-0.2, 0) is 28.9 Å². The van der Waals surface area contributed by atoms with Crippen LogP contribution >= 0.6 is 0 Å². The van der Waals surface area contributed by atoms with Gasteiger partial charge in [0.05, 0.1) is 13.2 Å². The van der Waals surface area contributed by atoms with E-state index in [-0.39, 0.29) is 52.7 Å². The smallest absolute Gasteiger partial charge is 0.253 e. The van der Waals surface area contributed by atoms with Crippen molar-refractivity contribution in [3.8, 4) is 0 Å². The second-order valence-electron chi connectivity index (χ2n) is 11.8. The van der Waals surface area contributed by atoms with Crippen molar-refractivity contribution >= 4 is 23.6 Å². The van der Waals surface area contributed by atoms with Gasteiger partial charge in [-0.1, -0.05) is 62.3 Å². The highest BCUT2D eigenvalue weighted by molar-refractivity contribution is 6.12. The molecule has 0 aromatic heterocycles. The lowest BCUT2D eigenvalue weighted by molar-refractivity contribution is -0.194. The molecule has 0 aromatic carbocycles. The lowest BCUT2D eigenvalue weighted by Gasteiger charge is -2.21. The van der Waals surface area contributed by atoms with E-state index in [0.717, 1.165) is 11.5 Å². The van der Waals surface area contributed by atoms with Gasteiger partial charge >= 0.3 is 0 Å². The Labute approximate surface area is 198 Å². The summed E-state index contributed by atoms with van der Waals surface area (Å²) in [5.74, 6) is 3.99. The van der Waals surface area contributed by atoms with Crippen molar-refractivity contribution in [3.63, 3.8) is 0 Å². The molecular formula is C24H43N3O6. The first-order valence-corrected chi connectivity index (χ1v) is 11.2. The first kappa shape index (κ1) is 30.9. The molecule has 0 bridgehead atoms. The van der Waals surface area contributed by atoms with E-state index in [1.807, 2.05) is 20.8 Å². The SMILES string of the molecule is CC(C)(C)CCN1C(=O)C=CC1=O.CC(C)(C)CON.CC(C)(C)CON1C(=O)CCC1=O. The minimum atomic E-state index is -0.228. The molecule has 2 rings (SSSR count). The summed E-state index contributed by atoms with van der Waals surface area (Å²) in [6.45, 7) is 19.9. The van der Waals surface area contributed by atoms with Gasteiger partial charge in [-0.3, -0.25) is 28.9 Å². The number of hydrogen-bond acceptors (Lipinski definition) is 7. The Morgan fingerprint density at radius 3 is 1.48 bits per heavy atom. The molecule has 0 atom stereocenters. The molecule has 0 saturated carbocycles. The average molecular weight is 470 g/mol. The third-order valence-electron chi connectivity index (χ3n) is 4.13. The van der Waals surface area contributed by atoms with Gasteiger partial charge in [0.1, 0.15) is 0 Å². The Balaban J connectivity index is 0.000000490. The number of nitrogens with two attached hydrogens (primary N) is 1. The summed E-state index contributed by atoms with van der Waals surface area (Å²) in [5.41, 5.74) is 0.320. The zero-order valence-corrected chi connectivity index (χ0v) is 21.8. The van der Waals surface area contributed by atoms with E-state index in [2.05, 4.69) is 46.4 Å². The molecule has 0 spiro atoms. The first-order chi connectivity index (χ1) is 14.9. The number of amides is 4. The van der Waals surface area contributed by atoms with Crippen molar-refractivity contribution in [2.45, 2.75) is 81.6 Å². The molecule has 0 radical (unpaired) electrons. The molecule has 9 heteroatoms. The second kappa shape index (κ2) is 13.0. The molecule has 4 amide bonds. The summed E-state index contributed by atoms with van der Waals surface area (Å²) in [6.07, 6.45) is 4.05. The third-order valence-corrected chi connectivity index (χ3v) is 4.13. The summed E-state index contributed by atoms with van der Waals surface area (Å²) in [6, 6.07) is 0. The Bertz CT molecular complexity index is 661. The van der Waals surface area contributed by atoms with Crippen LogP contribution in [0.2, 0.25) is 0 Å². The Kier molecular flexibility index (Phi) is 12.1. The standard InChI is InChI=1S/C10H15NO2.C9H15NO3.C5H13NO/c1-10(2,3)6-7-11-8(12)4-5-9(11)13;1-9(2,3)6-13-10-7(11)4-5-8(10)12;1-5(2,3)4-7-6/h4-5H,6-7H2,1-3H3;4-6H2,1-3H3;4,6H2,1-3H3. The minimum absolute atomic E-state index is 0.0385. The number of imide groups is 2. The van der Waals surface area contributed by atoms with E-state index in [4.69, 9.17) is 10.7 Å². The van der Waals surface area contributed by atoms with Crippen LogP contribution in [0.3, 0.4) is 0 Å². The zero-order valence-electron chi connectivity index (χ0n) is 21.8. The third kappa shape index (κ3) is 14.6. The lowest BCUT2D eigenvalue weighted by Crippen LogP contribution is -2.32. The number of rotatable bonds is 5. The highest BCUT2D eigenvalue weighted by atomic mass is 16.7. The summed E-state index contributed by atoms with van der Waals surface area (Å²) >= 11 is 0. The van der Waals surface area contributed by atoms with Crippen LogP contribution < -0.4 is 5.90 Å². The molecule has 1 saturated heterocycles. The highest BCUT2D eigenvalue weighted by Crippen LogP contribution is 2.20. The van der Waals surface area contributed by atoms with E-state index >= 15 is 0 Å². The summed E-state index contributed by atoms with van der Waals surface area (Å²) < 4.78 is 0. The van der Waals surface area contributed by atoms with E-state index in [0.29, 0.717) is 19.8 Å². The van der Waals surface area contributed by atoms with Crippen molar-refractivity contribution in [2.24, 2.45) is 22.1 Å². The van der Waals surface area contributed by atoms with Crippen molar-refractivity contribution < 1.29 is 28.9 Å². The van der Waals surface area contributed by atoms with Crippen LogP contribution in [0.15, 0.2) is 12.2 Å². The van der Waals surface area contributed by atoms with E-state index in [9.17, 15) is 19.2 Å². The molecule has 190 valence electrons. The quantitative estimate of drug-likeness (QED) is 0.484. The van der Waals surface area contributed by atoms with Crippen LogP contribution in [-0.4, -0.2) is 53.4 Å². The van der Waals surface area contributed by atoms with Gasteiger partial charge in [-0.25, -0.2) is 5.90 Å². The number of hydrogen-bond donors (Lipinski definition) is 1. The lowest BCUT2D eigenvalue weighted by atomic mass is 9.92. The number of carbonyl (C=O) groups is 4. The molecule has 2 aliphatic heterocycles. The molecular weight excluding hydrogens is 426 g/mol. The van der Waals surface area contributed by atoms with Gasteiger partial charge in [0.25, 0.3) is 23.6 Å². The number of hydroxylamine groups is 2. The maximum Gasteiger partial charge on any atom is 0.253 e. The average Bonchev–Trinajstić information content (AvgIpc) is 3.11. The Hall–Kier alpha value is -2.10. The molecule has 1 fully saturated rings. The molecule has 33 heavy (non-hydrogen) atoms. The van der Waals surface area contributed by atoms with Gasteiger partial charge < -0.3 is 4.84 Å². The van der Waals surface area contributed by atoms with E-state index < -0.39 is 0 Å². The van der Waals surface area contributed by atoms with Crippen LogP contribution in [0.25, 0.3) is 0 Å². The fraction of sp³-hybridized carbons (Fsp3) is 0.750. The summed E-state index contributed by atoms with van der Waals surface area (Å²) in [7, 11) is 0. The zero-order chi connectivity index (χ0) is 26.0. The minimum Gasteiger partial charge on any atom is -0.304 e.